The number of aromatic nitrogens is 2. The molecule has 1 saturated carbocycles. The molecule has 0 bridgehead atoms. The van der Waals surface area contributed by atoms with E-state index in [1.54, 1.807) is 21.4 Å². The summed E-state index contributed by atoms with van der Waals surface area (Å²) >= 11 is 0. The molecule has 1 aliphatic carbocycles. The number of imidazole rings is 1. The molecule has 1 aromatic heterocycles. The van der Waals surface area contributed by atoms with Crippen LogP contribution in [0.2, 0.25) is 0 Å². The highest BCUT2D eigenvalue weighted by atomic mass is 32.2. The SMILES string of the molecule is CCN(C1CCC(N)CC1)S(=O)(=O)c1cn(CC)cn1. The highest BCUT2D eigenvalue weighted by molar-refractivity contribution is 7.89. The lowest BCUT2D eigenvalue weighted by molar-refractivity contribution is 0.246. The van der Waals surface area contributed by atoms with Crippen molar-refractivity contribution >= 4 is 10.0 Å². The Morgan fingerprint density at radius 3 is 2.50 bits per heavy atom. The van der Waals surface area contributed by atoms with Crippen LogP contribution in [0.4, 0.5) is 0 Å². The molecular formula is C13H24N4O2S. The van der Waals surface area contributed by atoms with Crippen molar-refractivity contribution in [2.24, 2.45) is 5.73 Å². The van der Waals surface area contributed by atoms with E-state index in [0.29, 0.717) is 13.1 Å². The highest BCUT2D eigenvalue weighted by Crippen LogP contribution is 2.26. The van der Waals surface area contributed by atoms with Gasteiger partial charge in [0.25, 0.3) is 10.0 Å². The molecule has 20 heavy (non-hydrogen) atoms. The summed E-state index contributed by atoms with van der Waals surface area (Å²) in [4.78, 5) is 4.05. The van der Waals surface area contributed by atoms with Gasteiger partial charge in [0.2, 0.25) is 0 Å². The van der Waals surface area contributed by atoms with Gasteiger partial charge >= 0.3 is 0 Å². The minimum Gasteiger partial charge on any atom is -0.336 e. The summed E-state index contributed by atoms with van der Waals surface area (Å²) in [5.74, 6) is 0. The van der Waals surface area contributed by atoms with Gasteiger partial charge < -0.3 is 10.3 Å². The molecule has 1 fully saturated rings. The highest BCUT2D eigenvalue weighted by Gasteiger charge is 2.33. The Morgan fingerprint density at radius 1 is 1.35 bits per heavy atom. The number of hydrogen-bond acceptors (Lipinski definition) is 4. The Hall–Kier alpha value is -0.920. The average Bonchev–Trinajstić information content (AvgIpc) is 2.91. The van der Waals surface area contributed by atoms with Crippen molar-refractivity contribution in [2.75, 3.05) is 6.54 Å². The van der Waals surface area contributed by atoms with Gasteiger partial charge in [-0.1, -0.05) is 6.92 Å². The Balaban J connectivity index is 2.21. The summed E-state index contributed by atoms with van der Waals surface area (Å²) in [6.45, 7) is 5.02. The van der Waals surface area contributed by atoms with Crippen LogP contribution >= 0.6 is 0 Å². The molecule has 0 saturated heterocycles. The molecular weight excluding hydrogens is 276 g/mol. The van der Waals surface area contributed by atoms with E-state index in [1.807, 2.05) is 13.8 Å². The maximum atomic E-state index is 12.7. The number of nitrogens with zero attached hydrogens (tertiary/aromatic N) is 3. The van der Waals surface area contributed by atoms with E-state index in [1.165, 1.54) is 0 Å². The van der Waals surface area contributed by atoms with Gasteiger partial charge in [-0.15, -0.1) is 0 Å². The zero-order chi connectivity index (χ0) is 14.8. The third-order valence-corrected chi connectivity index (χ3v) is 5.92. The first kappa shape index (κ1) is 15.5. The van der Waals surface area contributed by atoms with E-state index in [-0.39, 0.29) is 17.1 Å². The molecule has 1 heterocycles. The van der Waals surface area contributed by atoms with Gasteiger partial charge in [0.15, 0.2) is 5.03 Å². The molecule has 2 N–H and O–H groups in total. The molecule has 114 valence electrons. The molecule has 1 aliphatic rings. The predicted octanol–water partition coefficient (Wildman–Crippen LogP) is 1.18. The van der Waals surface area contributed by atoms with Crippen LogP contribution in [0.5, 0.6) is 0 Å². The van der Waals surface area contributed by atoms with Crippen LogP contribution in [0.15, 0.2) is 17.6 Å². The zero-order valence-corrected chi connectivity index (χ0v) is 13.0. The Kier molecular flexibility index (Phi) is 4.82. The van der Waals surface area contributed by atoms with E-state index in [2.05, 4.69) is 4.98 Å². The molecule has 0 spiro atoms. The third kappa shape index (κ3) is 3.05. The summed E-state index contributed by atoms with van der Waals surface area (Å²) in [5.41, 5.74) is 5.90. The van der Waals surface area contributed by atoms with Gasteiger partial charge in [0.1, 0.15) is 0 Å². The summed E-state index contributed by atoms with van der Waals surface area (Å²) in [5, 5.41) is 0.149. The van der Waals surface area contributed by atoms with E-state index in [0.717, 1.165) is 25.7 Å². The first-order chi connectivity index (χ1) is 9.48. The van der Waals surface area contributed by atoms with Crippen molar-refractivity contribution in [2.45, 2.75) is 63.2 Å². The number of aryl methyl sites for hydroxylation is 1. The molecule has 6 nitrogen and oxygen atoms in total. The number of nitrogens with two attached hydrogens (primary N) is 1. The first-order valence-corrected chi connectivity index (χ1v) is 8.72. The minimum atomic E-state index is -3.50. The molecule has 0 aromatic carbocycles. The van der Waals surface area contributed by atoms with E-state index in [4.69, 9.17) is 5.73 Å². The second-order valence-electron chi connectivity index (χ2n) is 5.32. The van der Waals surface area contributed by atoms with Crippen LogP contribution in [0.3, 0.4) is 0 Å². The van der Waals surface area contributed by atoms with Crippen LogP contribution < -0.4 is 5.73 Å². The molecule has 0 unspecified atom stereocenters. The van der Waals surface area contributed by atoms with E-state index >= 15 is 0 Å². The fourth-order valence-electron chi connectivity index (χ4n) is 2.78. The van der Waals surface area contributed by atoms with Crippen LogP contribution in [0, 0.1) is 0 Å². The second-order valence-corrected chi connectivity index (χ2v) is 7.16. The van der Waals surface area contributed by atoms with Crippen molar-refractivity contribution in [3.05, 3.63) is 12.5 Å². The maximum absolute atomic E-state index is 12.7. The van der Waals surface area contributed by atoms with Crippen LogP contribution in [0.1, 0.15) is 39.5 Å². The van der Waals surface area contributed by atoms with Gasteiger partial charge in [0, 0.05) is 31.4 Å². The first-order valence-electron chi connectivity index (χ1n) is 7.28. The van der Waals surface area contributed by atoms with Gasteiger partial charge in [-0.3, -0.25) is 0 Å². The molecule has 7 heteroatoms. The largest absolute Gasteiger partial charge is 0.336 e. The maximum Gasteiger partial charge on any atom is 0.262 e. The molecule has 0 amide bonds. The van der Waals surface area contributed by atoms with Gasteiger partial charge in [-0.05, 0) is 32.6 Å². The van der Waals surface area contributed by atoms with Crippen LogP contribution in [-0.2, 0) is 16.6 Å². The standard InChI is InChI=1S/C13H24N4O2S/c1-3-16-9-13(15-10-16)20(18,19)17(4-2)12-7-5-11(14)6-8-12/h9-12H,3-8,14H2,1-2H3. The summed E-state index contributed by atoms with van der Waals surface area (Å²) in [7, 11) is -3.50. The topological polar surface area (TPSA) is 81.2 Å². The summed E-state index contributed by atoms with van der Waals surface area (Å²) in [6.07, 6.45) is 6.62. The third-order valence-electron chi connectivity index (χ3n) is 4.01. The Labute approximate surface area is 121 Å². The predicted molar refractivity (Wildman–Crippen MR) is 77.7 cm³/mol. The Bertz CT molecular complexity index is 532. The van der Waals surface area contributed by atoms with Crippen molar-refractivity contribution < 1.29 is 8.42 Å². The van der Waals surface area contributed by atoms with Crippen molar-refractivity contribution in [3.8, 4) is 0 Å². The van der Waals surface area contributed by atoms with Gasteiger partial charge in [-0.2, -0.15) is 4.31 Å². The van der Waals surface area contributed by atoms with E-state index in [9.17, 15) is 8.42 Å². The lowest BCUT2D eigenvalue weighted by atomic mass is 9.92. The van der Waals surface area contributed by atoms with Crippen LogP contribution in [0.25, 0.3) is 0 Å². The normalized spacial score (nSPS) is 24.2. The lowest BCUT2D eigenvalue weighted by Crippen LogP contribution is -2.44. The molecule has 2 rings (SSSR count). The van der Waals surface area contributed by atoms with Crippen LogP contribution in [-0.4, -0.2) is 40.9 Å². The zero-order valence-electron chi connectivity index (χ0n) is 12.2. The average molecular weight is 300 g/mol. The van der Waals surface area contributed by atoms with Gasteiger partial charge in [-0.25, -0.2) is 13.4 Å². The fraction of sp³-hybridized carbons (Fsp3) is 0.769. The number of rotatable bonds is 5. The number of hydrogen-bond donors (Lipinski definition) is 1. The lowest BCUT2D eigenvalue weighted by Gasteiger charge is -2.34. The smallest absolute Gasteiger partial charge is 0.262 e. The monoisotopic (exact) mass is 300 g/mol. The van der Waals surface area contributed by atoms with E-state index < -0.39 is 10.0 Å². The molecule has 0 atom stereocenters. The van der Waals surface area contributed by atoms with Crippen molar-refractivity contribution in [1.29, 1.82) is 0 Å². The second kappa shape index (κ2) is 6.24. The Morgan fingerprint density at radius 2 is 2.00 bits per heavy atom. The molecule has 0 aliphatic heterocycles. The summed E-state index contributed by atoms with van der Waals surface area (Å²) < 4.78 is 28.7. The van der Waals surface area contributed by atoms with Crippen molar-refractivity contribution in [3.63, 3.8) is 0 Å². The summed E-state index contributed by atoms with van der Waals surface area (Å²) in [6, 6.07) is 0.267. The number of sulfonamides is 1. The minimum absolute atomic E-state index is 0.0524. The molecule has 1 aromatic rings. The fourth-order valence-corrected chi connectivity index (χ4v) is 4.41. The van der Waals surface area contributed by atoms with Gasteiger partial charge in [0.05, 0.1) is 6.33 Å². The molecule has 0 radical (unpaired) electrons. The van der Waals surface area contributed by atoms with Crippen molar-refractivity contribution in [1.82, 2.24) is 13.9 Å². The quantitative estimate of drug-likeness (QED) is 0.885.